The molecule has 0 heterocycles. The summed E-state index contributed by atoms with van der Waals surface area (Å²) in [5.41, 5.74) is 6.35. The maximum Gasteiger partial charge on any atom is 0.163 e. The molecular weight excluding hydrogens is 238 g/mol. The third-order valence-electron chi connectivity index (χ3n) is 3.44. The highest BCUT2D eigenvalue weighted by molar-refractivity contribution is 5.96. The number of ether oxygens (including phenoxy) is 1. The van der Waals surface area contributed by atoms with Crippen molar-refractivity contribution in [3.05, 3.63) is 29.8 Å². The first-order chi connectivity index (χ1) is 9.21. The Balaban J connectivity index is 2.53. The molecule has 0 amide bonds. The van der Waals surface area contributed by atoms with Gasteiger partial charge in [-0.15, -0.1) is 0 Å². The number of nitrogens with two attached hydrogens (primary N) is 1. The Bertz CT molecular complexity index is 384. The summed E-state index contributed by atoms with van der Waals surface area (Å²) in [5, 5.41) is 0. The van der Waals surface area contributed by atoms with Crippen LogP contribution in [0.2, 0.25) is 0 Å². The highest BCUT2D eigenvalue weighted by Crippen LogP contribution is 2.20. The zero-order chi connectivity index (χ0) is 14.1. The number of benzene rings is 1. The molecule has 1 aromatic rings. The van der Waals surface area contributed by atoms with E-state index in [9.17, 15) is 4.79 Å². The van der Waals surface area contributed by atoms with Crippen LogP contribution in [0.3, 0.4) is 0 Å². The second kappa shape index (κ2) is 8.70. The quantitative estimate of drug-likeness (QED) is 0.694. The fourth-order valence-electron chi connectivity index (χ4n) is 2.35. The predicted molar refractivity (Wildman–Crippen MR) is 78.6 cm³/mol. The Labute approximate surface area is 116 Å². The summed E-state index contributed by atoms with van der Waals surface area (Å²) < 4.78 is 5.14. The second-order valence-electron chi connectivity index (χ2n) is 4.93. The SMILES string of the molecule is CCCC(CCN)CCC(=O)c1cccc(OC)c1. The highest BCUT2D eigenvalue weighted by Gasteiger charge is 2.12. The maximum absolute atomic E-state index is 12.1. The standard InChI is InChI=1S/C16H25NO2/c1-3-5-13(10-11-17)8-9-16(18)14-6-4-7-15(12-14)19-2/h4,6-7,12-13H,3,5,8-11,17H2,1-2H3. The number of ketones is 1. The Morgan fingerprint density at radius 1 is 1.32 bits per heavy atom. The molecule has 0 radical (unpaired) electrons. The highest BCUT2D eigenvalue weighted by atomic mass is 16.5. The summed E-state index contributed by atoms with van der Waals surface area (Å²) in [6.45, 7) is 2.88. The van der Waals surface area contributed by atoms with Crippen LogP contribution in [0.4, 0.5) is 0 Å². The smallest absolute Gasteiger partial charge is 0.163 e. The number of rotatable bonds is 9. The molecule has 3 nitrogen and oxygen atoms in total. The minimum Gasteiger partial charge on any atom is -0.497 e. The first-order valence-electron chi connectivity index (χ1n) is 7.08. The molecule has 19 heavy (non-hydrogen) atoms. The van der Waals surface area contributed by atoms with Crippen LogP contribution in [-0.2, 0) is 0 Å². The van der Waals surface area contributed by atoms with Crippen molar-refractivity contribution in [2.24, 2.45) is 11.7 Å². The van der Waals surface area contributed by atoms with Crippen LogP contribution >= 0.6 is 0 Å². The molecule has 0 aliphatic rings. The first-order valence-corrected chi connectivity index (χ1v) is 7.08. The van der Waals surface area contributed by atoms with Gasteiger partial charge < -0.3 is 10.5 Å². The lowest BCUT2D eigenvalue weighted by Crippen LogP contribution is -2.11. The van der Waals surface area contributed by atoms with Crippen LogP contribution in [0, 0.1) is 5.92 Å². The molecule has 0 saturated carbocycles. The van der Waals surface area contributed by atoms with E-state index in [1.165, 1.54) is 0 Å². The molecule has 0 aliphatic heterocycles. The van der Waals surface area contributed by atoms with E-state index in [4.69, 9.17) is 10.5 Å². The van der Waals surface area contributed by atoms with Gasteiger partial charge in [-0.1, -0.05) is 31.9 Å². The molecule has 1 atom stereocenters. The van der Waals surface area contributed by atoms with Crippen molar-refractivity contribution in [1.82, 2.24) is 0 Å². The minimum absolute atomic E-state index is 0.192. The topological polar surface area (TPSA) is 52.3 Å². The van der Waals surface area contributed by atoms with Gasteiger partial charge in [0.05, 0.1) is 7.11 Å². The normalized spacial score (nSPS) is 12.2. The molecule has 106 valence electrons. The monoisotopic (exact) mass is 263 g/mol. The van der Waals surface area contributed by atoms with Crippen LogP contribution in [-0.4, -0.2) is 19.4 Å². The van der Waals surface area contributed by atoms with Crippen molar-refractivity contribution in [3.63, 3.8) is 0 Å². The van der Waals surface area contributed by atoms with E-state index in [0.29, 0.717) is 18.9 Å². The van der Waals surface area contributed by atoms with E-state index in [-0.39, 0.29) is 5.78 Å². The van der Waals surface area contributed by atoms with Gasteiger partial charge in [-0.05, 0) is 37.4 Å². The summed E-state index contributed by atoms with van der Waals surface area (Å²) in [6.07, 6.45) is 4.85. The van der Waals surface area contributed by atoms with Gasteiger partial charge in [-0.2, -0.15) is 0 Å². The molecule has 0 fully saturated rings. The van der Waals surface area contributed by atoms with E-state index < -0.39 is 0 Å². The Morgan fingerprint density at radius 3 is 2.74 bits per heavy atom. The van der Waals surface area contributed by atoms with Gasteiger partial charge in [0.1, 0.15) is 5.75 Å². The van der Waals surface area contributed by atoms with Crippen LogP contribution in [0.1, 0.15) is 49.4 Å². The number of methoxy groups -OCH3 is 1. The molecule has 1 aromatic carbocycles. The average molecular weight is 263 g/mol. The fourth-order valence-corrected chi connectivity index (χ4v) is 2.35. The van der Waals surface area contributed by atoms with Crippen molar-refractivity contribution < 1.29 is 9.53 Å². The zero-order valence-electron chi connectivity index (χ0n) is 12.0. The molecule has 0 spiro atoms. The van der Waals surface area contributed by atoms with Crippen molar-refractivity contribution in [2.75, 3.05) is 13.7 Å². The van der Waals surface area contributed by atoms with Crippen molar-refractivity contribution >= 4 is 5.78 Å². The van der Waals surface area contributed by atoms with Crippen LogP contribution in [0.5, 0.6) is 5.75 Å². The Kier molecular flexibility index (Phi) is 7.19. The van der Waals surface area contributed by atoms with E-state index in [1.54, 1.807) is 13.2 Å². The lowest BCUT2D eigenvalue weighted by atomic mass is 9.92. The summed E-state index contributed by atoms with van der Waals surface area (Å²) >= 11 is 0. The van der Waals surface area contributed by atoms with Gasteiger partial charge in [0.25, 0.3) is 0 Å². The average Bonchev–Trinajstić information content (AvgIpc) is 2.45. The first kappa shape index (κ1) is 15.7. The molecule has 0 aromatic heterocycles. The Morgan fingerprint density at radius 2 is 2.11 bits per heavy atom. The lowest BCUT2D eigenvalue weighted by Gasteiger charge is -2.14. The molecule has 1 rings (SSSR count). The summed E-state index contributed by atoms with van der Waals surface area (Å²) in [5.74, 6) is 1.50. The summed E-state index contributed by atoms with van der Waals surface area (Å²) in [7, 11) is 1.61. The van der Waals surface area contributed by atoms with Gasteiger partial charge in [0.15, 0.2) is 5.78 Å². The van der Waals surface area contributed by atoms with Gasteiger partial charge in [0.2, 0.25) is 0 Å². The van der Waals surface area contributed by atoms with E-state index in [2.05, 4.69) is 6.92 Å². The fraction of sp³-hybridized carbons (Fsp3) is 0.562. The van der Waals surface area contributed by atoms with E-state index >= 15 is 0 Å². The Hall–Kier alpha value is -1.35. The molecule has 0 bridgehead atoms. The van der Waals surface area contributed by atoms with Crippen LogP contribution in [0.25, 0.3) is 0 Å². The molecule has 0 aliphatic carbocycles. The third-order valence-corrected chi connectivity index (χ3v) is 3.44. The molecular formula is C16H25NO2. The van der Waals surface area contributed by atoms with Gasteiger partial charge in [-0.25, -0.2) is 0 Å². The number of Topliss-reactive ketones (excluding diaryl/α,β-unsaturated/α-hetero) is 1. The van der Waals surface area contributed by atoms with Crippen molar-refractivity contribution in [1.29, 1.82) is 0 Å². The van der Waals surface area contributed by atoms with Crippen LogP contribution in [0.15, 0.2) is 24.3 Å². The van der Waals surface area contributed by atoms with E-state index in [0.717, 1.165) is 37.0 Å². The number of carbonyl (C=O) groups excluding carboxylic acids is 1. The summed E-state index contributed by atoms with van der Waals surface area (Å²) in [6, 6.07) is 7.36. The van der Waals surface area contributed by atoms with Gasteiger partial charge >= 0.3 is 0 Å². The van der Waals surface area contributed by atoms with Gasteiger partial charge in [0, 0.05) is 12.0 Å². The maximum atomic E-state index is 12.1. The minimum atomic E-state index is 0.192. The summed E-state index contributed by atoms with van der Waals surface area (Å²) in [4.78, 5) is 12.1. The molecule has 1 unspecified atom stereocenters. The molecule has 0 saturated heterocycles. The third kappa shape index (κ3) is 5.43. The molecule has 3 heteroatoms. The molecule has 2 N–H and O–H groups in total. The van der Waals surface area contributed by atoms with Crippen LogP contribution < -0.4 is 10.5 Å². The van der Waals surface area contributed by atoms with Gasteiger partial charge in [-0.3, -0.25) is 4.79 Å². The predicted octanol–water partition coefficient (Wildman–Crippen LogP) is 3.42. The number of carbonyl (C=O) groups is 1. The second-order valence-corrected chi connectivity index (χ2v) is 4.93. The lowest BCUT2D eigenvalue weighted by molar-refractivity contribution is 0.0972. The number of hydrogen-bond acceptors (Lipinski definition) is 3. The zero-order valence-corrected chi connectivity index (χ0v) is 12.0. The largest absolute Gasteiger partial charge is 0.497 e. The van der Waals surface area contributed by atoms with Crippen molar-refractivity contribution in [2.45, 2.75) is 39.0 Å². The van der Waals surface area contributed by atoms with E-state index in [1.807, 2.05) is 18.2 Å². The van der Waals surface area contributed by atoms with Crippen molar-refractivity contribution in [3.8, 4) is 5.75 Å². The number of hydrogen-bond donors (Lipinski definition) is 1.